The fourth-order valence-electron chi connectivity index (χ4n) is 3.24. The monoisotopic (exact) mass is 506 g/mol. The summed E-state index contributed by atoms with van der Waals surface area (Å²) in [6, 6.07) is 19.0. The molecule has 0 saturated carbocycles. The molecule has 4 aromatic rings. The zero-order valence-corrected chi connectivity index (χ0v) is 20.6. The number of rotatable bonds is 9. The van der Waals surface area contributed by atoms with Gasteiger partial charge in [0, 0.05) is 17.1 Å². The summed E-state index contributed by atoms with van der Waals surface area (Å²) in [5.74, 6) is 0.862. The Hall–Kier alpha value is -3.89. The van der Waals surface area contributed by atoms with Gasteiger partial charge in [-0.05, 0) is 35.2 Å². The third-order valence-corrected chi connectivity index (χ3v) is 6.83. The highest BCUT2D eigenvalue weighted by Crippen LogP contribution is 2.29. The molecular weight excluding hydrogens is 484 g/mol. The highest BCUT2D eigenvalue weighted by molar-refractivity contribution is 8.01. The molecule has 0 aliphatic rings. The molecule has 0 unspecified atom stereocenters. The first kappa shape index (κ1) is 24.2. The number of amides is 2. The van der Waals surface area contributed by atoms with Gasteiger partial charge in [-0.25, -0.2) is 0 Å². The van der Waals surface area contributed by atoms with Gasteiger partial charge in [-0.15, -0.1) is 10.2 Å². The van der Waals surface area contributed by atoms with Gasteiger partial charge in [0.05, 0.1) is 20.0 Å². The second kappa shape index (κ2) is 11.5. The summed E-state index contributed by atoms with van der Waals surface area (Å²) in [4.78, 5) is 24.7. The Kier molecular flexibility index (Phi) is 7.96. The van der Waals surface area contributed by atoms with Gasteiger partial charge in [0.2, 0.25) is 16.9 Å². The number of nitrogens with zero attached hydrogens (tertiary/aromatic N) is 2. The van der Waals surface area contributed by atoms with Crippen LogP contribution in [0.4, 0.5) is 10.8 Å². The molecule has 0 atom stereocenters. The highest BCUT2D eigenvalue weighted by atomic mass is 32.2. The smallest absolute Gasteiger partial charge is 0.250 e. The van der Waals surface area contributed by atoms with Crippen molar-refractivity contribution in [1.29, 1.82) is 0 Å². The van der Waals surface area contributed by atoms with Gasteiger partial charge in [0.1, 0.15) is 0 Å². The third kappa shape index (κ3) is 6.37. The molecule has 0 spiro atoms. The first-order chi connectivity index (χ1) is 17.1. The largest absolute Gasteiger partial charge is 0.493 e. The number of hydrogen-bond acceptors (Lipinski definition) is 8. The minimum absolute atomic E-state index is 0.148. The summed E-state index contributed by atoms with van der Waals surface area (Å²) in [6.45, 7) is 0. The van der Waals surface area contributed by atoms with Crippen LogP contribution in [0.15, 0.2) is 71.1 Å². The van der Waals surface area contributed by atoms with Crippen LogP contribution < -0.4 is 20.1 Å². The molecule has 2 amide bonds. The average Bonchev–Trinajstić information content (AvgIpc) is 3.33. The van der Waals surface area contributed by atoms with Crippen molar-refractivity contribution in [2.75, 3.05) is 30.6 Å². The lowest BCUT2D eigenvalue weighted by atomic mass is 10.1. The molecular formula is C25H22N4O4S2. The van der Waals surface area contributed by atoms with E-state index in [2.05, 4.69) is 20.8 Å². The van der Waals surface area contributed by atoms with Gasteiger partial charge in [-0.1, -0.05) is 65.6 Å². The number of carbonyl (C=O) groups excluding carboxylic acids is 2. The van der Waals surface area contributed by atoms with Crippen molar-refractivity contribution < 1.29 is 19.1 Å². The van der Waals surface area contributed by atoms with E-state index in [9.17, 15) is 9.59 Å². The summed E-state index contributed by atoms with van der Waals surface area (Å²) in [7, 11) is 3.11. The predicted octanol–water partition coefficient (Wildman–Crippen LogP) is 5.09. The number of thioether (sulfide) groups is 1. The molecule has 10 heteroatoms. The Balaban J connectivity index is 1.29. The van der Waals surface area contributed by atoms with E-state index in [0.717, 1.165) is 22.0 Å². The molecule has 0 saturated heterocycles. The summed E-state index contributed by atoms with van der Waals surface area (Å²) in [5.41, 5.74) is 1.55. The van der Waals surface area contributed by atoms with Crippen LogP contribution in [0.25, 0.3) is 16.8 Å². The summed E-state index contributed by atoms with van der Waals surface area (Å²) >= 11 is 2.46. The fraction of sp³-hybridized carbons (Fsp3) is 0.120. The van der Waals surface area contributed by atoms with Crippen LogP contribution >= 0.6 is 23.1 Å². The van der Waals surface area contributed by atoms with Crippen LogP contribution in [-0.4, -0.2) is 42.0 Å². The minimum atomic E-state index is -0.346. The van der Waals surface area contributed by atoms with Crippen molar-refractivity contribution >= 4 is 62.6 Å². The molecule has 8 nitrogen and oxygen atoms in total. The number of ether oxygens (including phenoxy) is 2. The van der Waals surface area contributed by atoms with Crippen LogP contribution in [-0.2, 0) is 9.59 Å². The number of hydrogen-bond donors (Lipinski definition) is 2. The van der Waals surface area contributed by atoms with Gasteiger partial charge in [0.15, 0.2) is 15.8 Å². The van der Waals surface area contributed by atoms with Crippen molar-refractivity contribution in [2.45, 2.75) is 4.34 Å². The topological polar surface area (TPSA) is 102 Å². The number of aromatic nitrogens is 2. The molecule has 0 fully saturated rings. The van der Waals surface area contributed by atoms with Gasteiger partial charge in [-0.2, -0.15) is 0 Å². The Morgan fingerprint density at radius 3 is 2.60 bits per heavy atom. The lowest BCUT2D eigenvalue weighted by Crippen LogP contribution is -2.14. The van der Waals surface area contributed by atoms with Crippen molar-refractivity contribution in [3.63, 3.8) is 0 Å². The third-order valence-electron chi connectivity index (χ3n) is 4.86. The SMILES string of the molecule is COc1ccc(/C=C/C(=O)Nc2nnc(SCC(=O)Nc3cccc4ccccc34)s2)cc1OC. The number of carbonyl (C=O) groups is 2. The quantitative estimate of drug-likeness (QED) is 0.185. The van der Waals surface area contributed by atoms with E-state index < -0.39 is 0 Å². The molecule has 0 radical (unpaired) electrons. The van der Waals surface area contributed by atoms with Crippen LogP contribution in [0, 0.1) is 0 Å². The molecule has 3 aromatic carbocycles. The summed E-state index contributed by atoms with van der Waals surface area (Å²) in [5, 5.41) is 16.0. The molecule has 4 rings (SSSR count). The van der Waals surface area contributed by atoms with Crippen molar-refractivity contribution in [1.82, 2.24) is 10.2 Å². The zero-order valence-electron chi connectivity index (χ0n) is 19.0. The van der Waals surface area contributed by atoms with E-state index in [1.54, 1.807) is 32.4 Å². The van der Waals surface area contributed by atoms with Crippen LogP contribution in [0.3, 0.4) is 0 Å². The number of nitrogens with one attached hydrogen (secondary N) is 2. The van der Waals surface area contributed by atoms with E-state index in [1.807, 2.05) is 48.5 Å². The lowest BCUT2D eigenvalue weighted by Gasteiger charge is -2.08. The van der Waals surface area contributed by atoms with Gasteiger partial charge in [0.25, 0.3) is 0 Å². The molecule has 1 heterocycles. The lowest BCUT2D eigenvalue weighted by molar-refractivity contribution is -0.114. The first-order valence-corrected chi connectivity index (χ1v) is 12.3. The van der Waals surface area contributed by atoms with Gasteiger partial charge in [-0.3, -0.25) is 14.9 Å². The molecule has 2 N–H and O–H groups in total. The van der Waals surface area contributed by atoms with Crippen molar-refractivity contribution in [3.05, 3.63) is 72.3 Å². The highest BCUT2D eigenvalue weighted by Gasteiger charge is 2.11. The second-order valence-corrected chi connectivity index (χ2v) is 9.37. The van der Waals surface area contributed by atoms with E-state index in [-0.39, 0.29) is 17.6 Å². The van der Waals surface area contributed by atoms with E-state index in [4.69, 9.17) is 9.47 Å². The molecule has 1 aromatic heterocycles. The normalized spacial score (nSPS) is 10.9. The van der Waals surface area contributed by atoms with E-state index >= 15 is 0 Å². The molecule has 178 valence electrons. The number of fused-ring (bicyclic) bond motifs is 1. The number of methoxy groups -OCH3 is 2. The number of benzene rings is 3. The summed E-state index contributed by atoms with van der Waals surface area (Å²) < 4.78 is 11.1. The maximum Gasteiger partial charge on any atom is 0.250 e. The van der Waals surface area contributed by atoms with E-state index in [0.29, 0.717) is 21.0 Å². The van der Waals surface area contributed by atoms with Crippen molar-refractivity contribution in [3.8, 4) is 11.5 Å². The predicted molar refractivity (Wildman–Crippen MR) is 140 cm³/mol. The molecule has 0 bridgehead atoms. The Morgan fingerprint density at radius 1 is 0.971 bits per heavy atom. The zero-order chi connectivity index (χ0) is 24.6. The Bertz CT molecular complexity index is 1380. The Labute approximate surface area is 210 Å². The number of anilines is 2. The first-order valence-electron chi connectivity index (χ1n) is 10.5. The molecule has 0 aliphatic carbocycles. The van der Waals surface area contributed by atoms with Crippen LogP contribution in [0.2, 0.25) is 0 Å². The standard InChI is InChI=1S/C25H22N4O4S2/c1-32-20-12-10-16(14-21(20)33-2)11-13-22(30)27-24-28-29-25(35-24)34-15-23(31)26-19-9-5-7-17-6-3-4-8-18(17)19/h3-14H,15H2,1-2H3,(H,26,31)(H,27,28,30)/b13-11+. The minimum Gasteiger partial charge on any atom is -0.493 e. The maximum atomic E-state index is 12.4. The Morgan fingerprint density at radius 2 is 1.77 bits per heavy atom. The van der Waals surface area contributed by atoms with Gasteiger partial charge >= 0.3 is 0 Å². The average molecular weight is 507 g/mol. The second-order valence-electron chi connectivity index (χ2n) is 7.17. The summed E-state index contributed by atoms with van der Waals surface area (Å²) in [6.07, 6.45) is 3.05. The van der Waals surface area contributed by atoms with Crippen molar-refractivity contribution in [2.24, 2.45) is 0 Å². The van der Waals surface area contributed by atoms with E-state index in [1.165, 1.54) is 29.2 Å². The van der Waals surface area contributed by atoms with Crippen LogP contribution in [0.5, 0.6) is 11.5 Å². The maximum absolute atomic E-state index is 12.4. The fourth-order valence-corrected chi connectivity index (χ4v) is 4.80. The molecule has 35 heavy (non-hydrogen) atoms. The van der Waals surface area contributed by atoms with Gasteiger partial charge < -0.3 is 14.8 Å². The molecule has 0 aliphatic heterocycles. The van der Waals surface area contributed by atoms with Crippen LogP contribution in [0.1, 0.15) is 5.56 Å².